The maximum absolute atomic E-state index is 12.1. The number of hydrogen-bond donors (Lipinski definition) is 0. The van der Waals surface area contributed by atoms with Crippen molar-refractivity contribution in [2.45, 2.75) is 11.7 Å². The molecule has 0 saturated heterocycles. The van der Waals surface area contributed by atoms with E-state index in [0.29, 0.717) is 6.29 Å². The molecule has 0 aliphatic carbocycles. The molecule has 0 unspecified atom stereocenters. The monoisotopic (exact) mass is 313 g/mol. The second-order valence-corrected chi connectivity index (χ2v) is 3.39. The summed E-state index contributed by atoms with van der Waals surface area (Å²) in [7, 11) is 1.26. The number of pyridine rings is 1. The fraction of sp³-hybridized carbons (Fsp3) is 0.333. The Hall–Kier alpha value is -1.31. The Morgan fingerprint density at radius 3 is 2.59 bits per heavy atom. The number of rotatable bonds is 4. The summed E-state index contributed by atoms with van der Waals surface area (Å²) >= 11 is 2.97. The second-order valence-electron chi connectivity index (χ2n) is 2.83. The average Bonchev–Trinajstić information content (AvgIpc) is 2.26. The van der Waals surface area contributed by atoms with E-state index in [-0.39, 0.29) is 22.5 Å². The first-order chi connectivity index (χ1) is 7.91. The van der Waals surface area contributed by atoms with Gasteiger partial charge in [-0.05, 0) is 6.07 Å². The van der Waals surface area contributed by atoms with E-state index in [1.165, 1.54) is 7.11 Å². The molecule has 1 heterocycles. The van der Waals surface area contributed by atoms with E-state index in [4.69, 9.17) is 4.74 Å². The van der Waals surface area contributed by atoms with E-state index in [9.17, 15) is 18.0 Å². The summed E-state index contributed by atoms with van der Waals surface area (Å²) in [5, 5.41) is 0.0356. The largest absolute Gasteiger partial charge is 0.573 e. The fourth-order valence-electron chi connectivity index (χ4n) is 1.09. The van der Waals surface area contributed by atoms with Gasteiger partial charge in [0.2, 0.25) is 5.88 Å². The number of ether oxygens (including phenoxy) is 2. The van der Waals surface area contributed by atoms with Crippen LogP contribution in [0.1, 0.15) is 16.1 Å². The molecule has 0 N–H and O–H groups in total. The van der Waals surface area contributed by atoms with Gasteiger partial charge < -0.3 is 9.47 Å². The molecule has 0 saturated carbocycles. The molecule has 0 aromatic carbocycles. The molecule has 1 rings (SSSR count). The molecule has 4 nitrogen and oxygen atoms in total. The average molecular weight is 314 g/mol. The van der Waals surface area contributed by atoms with Crippen molar-refractivity contribution >= 4 is 22.2 Å². The Bertz CT molecular complexity index is 423. The molecule has 0 bridgehead atoms. The van der Waals surface area contributed by atoms with Crippen LogP contribution in [0.5, 0.6) is 11.6 Å². The molecule has 0 spiro atoms. The molecule has 0 aliphatic heterocycles. The smallest absolute Gasteiger partial charge is 0.480 e. The zero-order valence-corrected chi connectivity index (χ0v) is 10.1. The Morgan fingerprint density at radius 2 is 2.18 bits per heavy atom. The first kappa shape index (κ1) is 13.8. The Labute approximate surface area is 103 Å². The molecule has 17 heavy (non-hydrogen) atoms. The number of carbonyl (C=O) groups is 1. The summed E-state index contributed by atoms with van der Waals surface area (Å²) in [5.74, 6) is -0.582. The van der Waals surface area contributed by atoms with E-state index >= 15 is 0 Å². The predicted molar refractivity (Wildman–Crippen MR) is 55.5 cm³/mol. The molecule has 8 heteroatoms. The normalized spacial score (nSPS) is 11.1. The zero-order valence-electron chi connectivity index (χ0n) is 8.55. The van der Waals surface area contributed by atoms with Crippen LogP contribution in [0.25, 0.3) is 0 Å². The van der Waals surface area contributed by atoms with E-state index in [2.05, 4.69) is 25.7 Å². The molecular weight excluding hydrogens is 307 g/mol. The molecule has 1 aromatic heterocycles. The van der Waals surface area contributed by atoms with Crippen molar-refractivity contribution in [1.82, 2.24) is 4.98 Å². The van der Waals surface area contributed by atoms with Crippen molar-refractivity contribution in [2.24, 2.45) is 0 Å². The standard InChI is InChI=1S/C9H7BrF3NO3/c1-16-8-5(4-15)2-7(6(3-10)14-8)17-9(11,12)13/h2,4H,3H2,1H3. The van der Waals surface area contributed by atoms with Crippen molar-refractivity contribution < 1.29 is 27.4 Å². The number of methoxy groups -OCH3 is 1. The number of carbonyl (C=O) groups excluding carboxylic acids is 1. The molecule has 0 fully saturated rings. The fourth-order valence-corrected chi connectivity index (χ4v) is 1.49. The molecular formula is C9H7BrF3NO3. The van der Waals surface area contributed by atoms with Crippen LogP contribution >= 0.6 is 15.9 Å². The van der Waals surface area contributed by atoms with E-state index in [1.807, 2.05) is 0 Å². The van der Waals surface area contributed by atoms with Gasteiger partial charge in [-0.2, -0.15) is 0 Å². The van der Waals surface area contributed by atoms with Crippen LogP contribution < -0.4 is 9.47 Å². The highest BCUT2D eigenvalue weighted by Crippen LogP contribution is 2.30. The molecule has 1 aromatic rings. The number of alkyl halides is 4. The van der Waals surface area contributed by atoms with Gasteiger partial charge in [-0.3, -0.25) is 4.79 Å². The lowest BCUT2D eigenvalue weighted by Crippen LogP contribution is -2.18. The van der Waals surface area contributed by atoms with Crippen LogP contribution in [-0.4, -0.2) is 24.7 Å². The topological polar surface area (TPSA) is 48.4 Å². The van der Waals surface area contributed by atoms with E-state index in [1.54, 1.807) is 0 Å². The van der Waals surface area contributed by atoms with Crippen LogP contribution in [0.3, 0.4) is 0 Å². The van der Waals surface area contributed by atoms with Gasteiger partial charge in [-0.1, -0.05) is 15.9 Å². The number of aromatic nitrogens is 1. The summed E-state index contributed by atoms with van der Waals surface area (Å²) in [6.45, 7) is 0. The van der Waals surface area contributed by atoms with Crippen molar-refractivity contribution in [3.05, 3.63) is 17.3 Å². The first-order valence-corrected chi connectivity index (χ1v) is 5.38. The molecule has 0 amide bonds. The van der Waals surface area contributed by atoms with Gasteiger partial charge in [-0.25, -0.2) is 4.98 Å². The quantitative estimate of drug-likeness (QED) is 0.633. The number of hydrogen-bond acceptors (Lipinski definition) is 4. The van der Waals surface area contributed by atoms with Gasteiger partial charge >= 0.3 is 6.36 Å². The third-order valence-corrected chi connectivity index (χ3v) is 2.26. The summed E-state index contributed by atoms with van der Waals surface area (Å²) < 4.78 is 44.8. The van der Waals surface area contributed by atoms with Crippen molar-refractivity contribution in [3.63, 3.8) is 0 Å². The Morgan fingerprint density at radius 1 is 1.53 bits per heavy atom. The molecule has 94 valence electrons. The summed E-state index contributed by atoms with van der Waals surface area (Å²) in [4.78, 5) is 14.4. The van der Waals surface area contributed by atoms with Crippen molar-refractivity contribution in [1.29, 1.82) is 0 Å². The lowest BCUT2D eigenvalue weighted by molar-refractivity contribution is -0.275. The van der Waals surface area contributed by atoms with Crippen LogP contribution in [0.15, 0.2) is 6.07 Å². The van der Waals surface area contributed by atoms with Gasteiger partial charge in [0.05, 0.1) is 18.4 Å². The highest BCUT2D eigenvalue weighted by molar-refractivity contribution is 9.08. The minimum absolute atomic E-state index is 0.00947. The van der Waals surface area contributed by atoms with Crippen molar-refractivity contribution in [2.75, 3.05) is 7.11 Å². The SMILES string of the molecule is COc1nc(CBr)c(OC(F)(F)F)cc1C=O. The van der Waals surface area contributed by atoms with Gasteiger partial charge in [0.15, 0.2) is 12.0 Å². The minimum Gasteiger partial charge on any atom is -0.480 e. The maximum Gasteiger partial charge on any atom is 0.573 e. The van der Waals surface area contributed by atoms with Gasteiger partial charge in [0, 0.05) is 5.33 Å². The lowest BCUT2D eigenvalue weighted by Gasteiger charge is -2.13. The highest BCUT2D eigenvalue weighted by Gasteiger charge is 2.32. The van der Waals surface area contributed by atoms with Gasteiger partial charge in [0.25, 0.3) is 0 Å². The van der Waals surface area contributed by atoms with Crippen LogP contribution in [-0.2, 0) is 5.33 Å². The Kier molecular flexibility index (Phi) is 4.33. The van der Waals surface area contributed by atoms with Crippen molar-refractivity contribution in [3.8, 4) is 11.6 Å². The summed E-state index contributed by atoms with van der Waals surface area (Å²) in [5.41, 5.74) is -0.124. The summed E-state index contributed by atoms with van der Waals surface area (Å²) in [6.07, 6.45) is -4.50. The third kappa shape index (κ3) is 3.58. The van der Waals surface area contributed by atoms with Gasteiger partial charge in [-0.15, -0.1) is 13.2 Å². The van der Waals surface area contributed by atoms with Gasteiger partial charge in [0.1, 0.15) is 0 Å². The summed E-state index contributed by atoms with van der Waals surface area (Å²) in [6, 6.07) is 0.933. The molecule has 0 aliphatic rings. The number of aldehydes is 1. The first-order valence-electron chi connectivity index (χ1n) is 4.26. The number of halogens is 4. The Balaban J connectivity index is 3.24. The van der Waals surface area contributed by atoms with Crippen LogP contribution in [0.2, 0.25) is 0 Å². The van der Waals surface area contributed by atoms with E-state index < -0.39 is 12.1 Å². The van der Waals surface area contributed by atoms with E-state index in [0.717, 1.165) is 6.07 Å². The highest BCUT2D eigenvalue weighted by atomic mass is 79.9. The molecule has 0 radical (unpaired) electrons. The third-order valence-electron chi connectivity index (χ3n) is 1.73. The minimum atomic E-state index is -4.84. The zero-order chi connectivity index (χ0) is 13.1. The van der Waals surface area contributed by atoms with Crippen LogP contribution in [0, 0.1) is 0 Å². The maximum atomic E-state index is 12.1. The second kappa shape index (κ2) is 5.35. The lowest BCUT2D eigenvalue weighted by atomic mass is 10.2. The predicted octanol–water partition coefficient (Wildman–Crippen LogP) is 2.70. The molecule has 0 atom stereocenters. The number of nitrogens with zero attached hydrogens (tertiary/aromatic N) is 1. The van der Waals surface area contributed by atoms with Crippen LogP contribution in [0.4, 0.5) is 13.2 Å².